The predicted molar refractivity (Wildman–Crippen MR) is 93.1 cm³/mol. The molecular weight excluding hydrogens is 322 g/mol. The fraction of sp³-hybridized carbons (Fsp3) is 0.438. The number of piperazine rings is 1. The van der Waals surface area contributed by atoms with Crippen molar-refractivity contribution in [2.75, 3.05) is 57.2 Å². The zero-order chi connectivity index (χ0) is 17.8. The summed E-state index contributed by atoms with van der Waals surface area (Å²) in [5, 5.41) is 8.10. The summed E-state index contributed by atoms with van der Waals surface area (Å²) < 4.78 is 5.13. The van der Waals surface area contributed by atoms with E-state index in [1.54, 1.807) is 36.4 Å². The molecule has 3 heterocycles. The first kappa shape index (κ1) is 16.9. The Hall–Kier alpha value is -2.97. The van der Waals surface area contributed by atoms with Crippen molar-refractivity contribution in [2.45, 2.75) is 0 Å². The third kappa shape index (κ3) is 3.76. The molecule has 0 unspecified atom stereocenters. The van der Waals surface area contributed by atoms with E-state index in [0.717, 1.165) is 5.82 Å². The number of carbonyl (C=O) groups is 1. The van der Waals surface area contributed by atoms with E-state index >= 15 is 0 Å². The van der Waals surface area contributed by atoms with Gasteiger partial charge in [0, 0.05) is 52.5 Å². The van der Waals surface area contributed by atoms with Crippen molar-refractivity contribution in [3.63, 3.8) is 0 Å². The van der Waals surface area contributed by atoms with Gasteiger partial charge in [-0.15, -0.1) is 10.2 Å². The van der Waals surface area contributed by atoms with E-state index in [9.17, 15) is 4.79 Å². The van der Waals surface area contributed by atoms with Crippen LogP contribution in [0.2, 0.25) is 0 Å². The van der Waals surface area contributed by atoms with Gasteiger partial charge in [0.1, 0.15) is 0 Å². The quantitative estimate of drug-likeness (QED) is 0.783. The van der Waals surface area contributed by atoms with Crippen molar-refractivity contribution >= 4 is 17.7 Å². The highest BCUT2D eigenvalue weighted by atomic mass is 16.5. The lowest BCUT2D eigenvalue weighted by Crippen LogP contribution is -2.49. The summed E-state index contributed by atoms with van der Waals surface area (Å²) in [6, 6.07) is 5.21. The number of ether oxygens (including phenoxy) is 1. The number of hydrogen-bond acceptors (Lipinski definition) is 8. The molecule has 0 saturated carbocycles. The minimum atomic E-state index is -0.107. The Balaban J connectivity index is 1.62. The molecule has 0 aliphatic carbocycles. The molecule has 9 heteroatoms. The van der Waals surface area contributed by atoms with E-state index < -0.39 is 0 Å². The predicted octanol–water partition coefficient (Wildman–Crippen LogP) is 0.304. The van der Waals surface area contributed by atoms with Gasteiger partial charge < -0.3 is 19.4 Å². The van der Waals surface area contributed by atoms with Crippen LogP contribution in [0.1, 0.15) is 10.5 Å². The minimum Gasteiger partial charge on any atom is -0.481 e. The number of anilines is 2. The van der Waals surface area contributed by atoms with Gasteiger partial charge in [-0.05, 0) is 12.1 Å². The molecular formula is C16H21N7O2. The monoisotopic (exact) mass is 343 g/mol. The SMILES string of the molecule is COc1ccnc(N2CCN(C(=O)c3ccc(N(C)C)nn3)CC2)n1. The summed E-state index contributed by atoms with van der Waals surface area (Å²) in [6.07, 6.45) is 1.67. The lowest BCUT2D eigenvalue weighted by molar-refractivity contribution is 0.0739. The second kappa shape index (κ2) is 7.29. The smallest absolute Gasteiger partial charge is 0.274 e. The first-order valence-corrected chi connectivity index (χ1v) is 8.01. The summed E-state index contributed by atoms with van der Waals surface area (Å²) >= 11 is 0. The normalized spacial score (nSPS) is 14.4. The van der Waals surface area contributed by atoms with E-state index in [1.807, 2.05) is 23.9 Å². The topological polar surface area (TPSA) is 87.6 Å². The first-order chi connectivity index (χ1) is 12.1. The second-order valence-electron chi connectivity index (χ2n) is 5.85. The molecule has 0 radical (unpaired) electrons. The number of carbonyl (C=O) groups excluding carboxylic acids is 1. The number of methoxy groups -OCH3 is 1. The van der Waals surface area contributed by atoms with Crippen LogP contribution in [0.3, 0.4) is 0 Å². The Morgan fingerprint density at radius 1 is 1.12 bits per heavy atom. The standard InChI is InChI=1S/C16H21N7O2/c1-21(2)13-5-4-12(19-20-13)15(24)22-8-10-23(11-9-22)16-17-7-6-14(18-16)25-3/h4-7H,8-11H2,1-3H3. The molecule has 132 valence electrons. The van der Waals surface area contributed by atoms with Crippen molar-refractivity contribution in [2.24, 2.45) is 0 Å². The molecule has 2 aromatic heterocycles. The van der Waals surface area contributed by atoms with Gasteiger partial charge in [0.05, 0.1) is 7.11 Å². The van der Waals surface area contributed by atoms with Gasteiger partial charge in [0.25, 0.3) is 5.91 Å². The Morgan fingerprint density at radius 2 is 1.88 bits per heavy atom. The van der Waals surface area contributed by atoms with Crippen molar-refractivity contribution in [1.82, 2.24) is 25.1 Å². The van der Waals surface area contributed by atoms with Gasteiger partial charge in [0.15, 0.2) is 11.5 Å². The van der Waals surface area contributed by atoms with E-state index in [-0.39, 0.29) is 5.91 Å². The lowest BCUT2D eigenvalue weighted by Gasteiger charge is -2.34. The van der Waals surface area contributed by atoms with Crippen LogP contribution in [0.4, 0.5) is 11.8 Å². The molecule has 0 bridgehead atoms. The fourth-order valence-electron chi connectivity index (χ4n) is 2.55. The van der Waals surface area contributed by atoms with Crippen molar-refractivity contribution in [3.8, 4) is 5.88 Å². The Kier molecular flexibility index (Phi) is 4.92. The molecule has 0 atom stereocenters. The van der Waals surface area contributed by atoms with Crippen LogP contribution < -0.4 is 14.5 Å². The van der Waals surface area contributed by atoms with E-state index in [4.69, 9.17) is 4.74 Å². The average molecular weight is 343 g/mol. The van der Waals surface area contributed by atoms with Gasteiger partial charge in [-0.3, -0.25) is 4.79 Å². The Bertz CT molecular complexity index is 728. The summed E-state index contributed by atoms with van der Waals surface area (Å²) in [4.78, 5) is 26.8. The number of hydrogen-bond donors (Lipinski definition) is 0. The molecule has 0 aromatic carbocycles. The molecule has 1 aliphatic rings. The van der Waals surface area contributed by atoms with E-state index in [0.29, 0.717) is 43.7 Å². The summed E-state index contributed by atoms with van der Waals surface area (Å²) in [6.45, 7) is 2.47. The van der Waals surface area contributed by atoms with E-state index in [1.165, 1.54) is 0 Å². The van der Waals surface area contributed by atoms with Gasteiger partial charge in [-0.1, -0.05) is 0 Å². The van der Waals surface area contributed by atoms with E-state index in [2.05, 4.69) is 20.2 Å². The number of amides is 1. The van der Waals surface area contributed by atoms with Crippen LogP contribution in [0.15, 0.2) is 24.4 Å². The van der Waals surface area contributed by atoms with Crippen LogP contribution in [0.5, 0.6) is 5.88 Å². The van der Waals surface area contributed by atoms with Gasteiger partial charge >= 0.3 is 0 Å². The highest BCUT2D eigenvalue weighted by Gasteiger charge is 2.24. The molecule has 1 fully saturated rings. The van der Waals surface area contributed by atoms with Crippen LogP contribution in [0.25, 0.3) is 0 Å². The Labute approximate surface area is 146 Å². The Morgan fingerprint density at radius 3 is 2.48 bits per heavy atom. The lowest BCUT2D eigenvalue weighted by atomic mass is 10.2. The van der Waals surface area contributed by atoms with Gasteiger partial charge in [0.2, 0.25) is 11.8 Å². The minimum absolute atomic E-state index is 0.107. The van der Waals surface area contributed by atoms with Gasteiger partial charge in [-0.25, -0.2) is 4.98 Å². The number of aromatic nitrogens is 4. The third-order valence-electron chi connectivity index (χ3n) is 4.00. The average Bonchev–Trinajstić information content (AvgIpc) is 2.67. The fourth-order valence-corrected chi connectivity index (χ4v) is 2.55. The number of rotatable bonds is 4. The molecule has 1 amide bonds. The van der Waals surface area contributed by atoms with Crippen LogP contribution >= 0.6 is 0 Å². The molecule has 9 nitrogen and oxygen atoms in total. The molecule has 3 rings (SSSR count). The van der Waals surface area contributed by atoms with Crippen LogP contribution in [-0.4, -0.2) is 78.4 Å². The third-order valence-corrected chi connectivity index (χ3v) is 4.00. The maximum absolute atomic E-state index is 12.6. The van der Waals surface area contributed by atoms with Crippen LogP contribution in [-0.2, 0) is 0 Å². The molecule has 1 aliphatic heterocycles. The van der Waals surface area contributed by atoms with Crippen molar-refractivity contribution in [3.05, 3.63) is 30.1 Å². The first-order valence-electron chi connectivity index (χ1n) is 8.01. The molecule has 25 heavy (non-hydrogen) atoms. The molecule has 0 spiro atoms. The highest BCUT2D eigenvalue weighted by Crippen LogP contribution is 2.15. The largest absolute Gasteiger partial charge is 0.481 e. The number of nitrogens with zero attached hydrogens (tertiary/aromatic N) is 7. The molecule has 2 aromatic rings. The summed E-state index contributed by atoms with van der Waals surface area (Å²) in [5.41, 5.74) is 0.358. The zero-order valence-electron chi connectivity index (χ0n) is 14.6. The zero-order valence-corrected chi connectivity index (χ0v) is 14.6. The van der Waals surface area contributed by atoms with Crippen LogP contribution in [0, 0.1) is 0 Å². The van der Waals surface area contributed by atoms with Crippen molar-refractivity contribution < 1.29 is 9.53 Å². The van der Waals surface area contributed by atoms with Gasteiger partial charge in [-0.2, -0.15) is 4.98 Å². The molecule has 0 N–H and O–H groups in total. The highest BCUT2D eigenvalue weighted by molar-refractivity contribution is 5.92. The maximum Gasteiger partial charge on any atom is 0.274 e. The summed E-state index contributed by atoms with van der Waals surface area (Å²) in [5.74, 6) is 1.75. The van der Waals surface area contributed by atoms with Crippen molar-refractivity contribution in [1.29, 1.82) is 0 Å². The second-order valence-corrected chi connectivity index (χ2v) is 5.85. The molecule has 1 saturated heterocycles. The summed E-state index contributed by atoms with van der Waals surface area (Å²) in [7, 11) is 5.34. The maximum atomic E-state index is 12.6.